The number of aromatic nitrogens is 4. The zero-order valence-electron chi connectivity index (χ0n) is 16.5. The zero-order chi connectivity index (χ0) is 20.3. The largest absolute Gasteiger partial charge is 0.353 e. The summed E-state index contributed by atoms with van der Waals surface area (Å²) in [5, 5.41) is 8.77. The molecule has 1 atom stereocenters. The van der Waals surface area contributed by atoms with E-state index < -0.39 is 0 Å². The second-order valence-electron chi connectivity index (χ2n) is 6.80. The van der Waals surface area contributed by atoms with Crippen LogP contribution in [0.15, 0.2) is 29.4 Å². The van der Waals surface area contributed by atoms with Crippen molar-refractivity contribution in [3.8, 4) is 0 Å². The topological polar surface area (TPSA) is 72.2 Å². The van der Waals surface area contributed by atoms with Crippen molar-refractivity contribution in [2.45, 2.75) is 51.7 Å². The summed E-state index contributed by atoms with van der Waals surface area (Å²) in [5.74, 6) is 0.812. The lowest BCUT2D eigenvalue weighted by atomic mass is 10.0. The molecule has 0 saturated carbocycles. The maximum absolute atomic E-state index is 12.0. The summed E-state index contributed by atoms with van der Waals surface area (Å²) < 4.78 is 1.74. The highest BCUT2D eigenvalue weighted by Crippen LogP contribution is 2.23. The van der Waals surface area contributed by atoms with Gasteiger partial charge in [-0.05, 0) is 44.4 Å². The Morgan fingerprint density at radius 2 is 2.04 bits per heavy atom. The molecule has 0 fully saturated rings. The van der Waals surface area contributed by atoms with Crippen molar-refractivity contribution in [1.29, 1.82) is 0 Å². The maximum atomic E-state index is 12.0. The number of aryl methyl sites for hydroxylation is 2. The third-order valence-electron chi connectivity index (χ3n) is 4.71. The molecule has 1 amide bonds. The van der Waals surface area contributed by atoms with Crippen LogP contribution in [-0.4, -0.2) is 37.3 Å². The van der Waals surface area contributed by atoms with Gasteiger partial charge < -0.3 is 5.32 Å². The molecule has 1 N–H and O–H groups in total. The zero-order valence-corrected chi connectivity index (χ0v) is 18.1. The van der Waals surface area contributed by atoms with E-state index in [4.69, 9.17) is 11.6 Å². The minimum Gasteiger partial charge on any atom is -0.353 e. The molecule has 0 bridgehead atoms. The summed E-state index contributed by atoms with van der Waals surface area (Å²) in [5.41, 5.74) is 4.01. The Hall–Kier alpha value is -2.12. The van der Waals surface area contributed by atoms with Crippen molar-refractivity contribution in [3.05, 3.63) is 51.8 Å². The number of nitrogens with zero attached hydrogens (tertiary/aromatic N) is 4. The Kier molecular flexibility index (Phi) is 6.57. The molecule has 0 aliphatic heterocycles. The van der Waals surface area contributed by atoms with Gasteiger partial charge in [0, 0.05) is 28.9 Å². The molecule has 0 aliphatic rings. The summed E-state index contributed by atoms with van der Waals surface area (Å²) in [6, 6.07) is 7.98. The highest BCUT2D eigenvalue weighted by molar-refractivity contribution is 7.99. The number of fused-ring (bicyclic) bond motifs is 1. The van der Waals surface area contributed by atoms with Crippen molar-refractivity contribution in [2.24, 2.45) is 0 Å². The average molecular weight is 418 g/mol. The number of rotatable bonds is 7. The lowest BCUT2D eigenvalue weighted by Gasteiger charge is -2.11. The Labute approximate surface area is 174 Å². The molecule has 3 rings (SSSR count). The fourth-order valence-electron chi connectivity index (χ4n) is 2.89. The summed E-state index contributed by atoms with van der Waals surface area (Å²) >= 11 is 7.64. The van der Waals surface area contributed by atoms with Crippen molar-refractivity contribution in [3.63, 3.8) is 0 Å². The number of hydrogen-bond acceptors (Lipinski definition) is 5. The Bertz CT molecular complexity index is 1000. The number of hydrogen-bond donors (Lipinski definition) is 1. The summed E-state index contributed by atoms with van der Waals surface area (Å²) in [6.45, 7) is 8.01. The normalized spacial score (nSPS) is 12.3. The Morgan fingerprint density at radius 1 is 1.29 bits per heavy atom. The molecule has 3 aromatic rings. The molecule has 0 spiro atoms. The molecule has 2 heterocycles. The van der Waals surface area contributed by atoms with Crippen molar-refractivity contribution in [2.75, 3.05) is 5.75 Å². The first-order valence-electron chi connectivity index (χ1n) is 9.27. The first-order valence-corrected chi connectivity index (χ1v) is 10.6. The molecule has 0 saturated heterocycles. The molecule has 0 radical (unpaired) electrons. The summed E-state index contributed by atoms with van der Waals surface area (Å²) in [6.07, 6.45) is 1.58. The fourth-order valence-corrected chi connectivity index (χ4v) is 3.72. The lowest BCUT2D eigenvalue weighted by Crippen LogP contribution is -2.33. The summed E-state index contributed by atoms with van der Waals surface area (Å²) in [7, 11) is 0. The SMILES string of the molecule is CCC(C)NC(=O)CSc1nc2nc(C)c(Cc3ccccc3Cl)c(C)n2n1. The van der Waals surface area contributed by atoms with Gasteiger partial charge in [0.25, 0.3) is 5.78 Å². The molecule has 8 heteroatoms. The Balaban J connectivity index is 1.81. The van der Waals surface area contributed by atoms with E-state index in [0.29, 0.717) is 17.4 Å². The summed E-state index contributed by atoms with van der Waals surface area (Å²) in [4.78, 5) is 21.1. The highest BCUT2D eigenvalue weighted by Gasteiger charge is 2.16. The van der Waals surface area contributed by atoms with Crippen LogP contribution in [-0.2, 0) is 11.2 Å². The number of halogens is 1. The van der Waals surface area contributed by atoms with E-state index in [0.717, 1.165) is 34.0 Å². The highest BCUT2D eigenvalue weighted by atomic mass is 35.5. The van der Waals surface area contributed by atoms with E-state index >= 15 is 0 Å². The fraction of sp³-hybridized carbons (Fsp3) is 0.400. The van der Waals surface area contributed by atoms with Crippen LogP contribution < -0.4 is 5.32 Å². The van der Waals surface area contributed by atoms with E-state index in [9.17, 15) is 4.79 Å². The van der Waals surface area contributed by atoms with E-state index in [1.165, 1.54) is 11.8 Å². The van der Waals surface area contributed by atoms with E-state index in [2.05, 4.69) is 20.4 Å². The number of thioether (sulfide) groups is 1. The van der Waals surface area contributed by atoms with Gasteiger partial charge in [-0.3, -0.25) is 4.79 Å². The van der Waals surface area contributed by atoms with Gasteiger partial charge in [-0.2, -0.15) is 4.98 Å². The van der Waals surface area contributed by atoms with Crippen molar-refractivity contribution < 1.29 is 4.79 Å². The quantitative estimate of drug-likeness (QED) is 0.588. The number of amides is 1. The predicted octanol–water partition coefficient (Wildman–Crippen LogP) is 3.99. The van der Waals surface area contributed by atoms with E-state index in [1.807, 2.05) is 52.0 Å². The molecular weight excluding hydrogens is 394 g/mol. The van der Waals surface area contributed by atoms with Gasteiger partial charge in [0.15, 0.2) is 0 Å². The minimum absolute atomic E-state index is 0.0153. The van der Waals surface area contributed by atoms with Gasteiger partial charge in [-0.15, -0.1) is 5.10 Å². The van der Waals surface area contributed by atoms with Gasteiger partial charge >= 0.3 is 0 Å². The second-order valence-corrected chi connectivity index (χ2v) is 8.15. The standard InChI is InChI=1S/C20H24ClN5OS/c1-5-12(2)22-18(27)11-28-20-24-19-23-13(3)16(14(4)26(19)25-20)10-15-8-6-7-9-17(15)21/h6-9,12H,5,10-11H2,1-4H3,(H,22,27). The van der Waals surface area contributed by atoms with Gasteiger partial charge in [-0.25, -0.2) is 9.50 Å². The van der Waals surface area contributed by atoms with Crippen LogP contribution in [0.3, 0.4) is 0 Å². The molecule has 2 aromatic heterocycles. The first-order chi connectivity index (χ1) is 13.4. The maximum Gasteiger partial charge on any atom is 0.253 e. The lowest BCUT2D eigenvalue weighted by molar-refractivity contribution is -0.119. The van der Waals surface area contributed by atoms with Crippen LogP contribution in [0.4, 0.5) is 0 Å². The van der Waals surface area contributed by atoms with Gasteiger partial charge in [0.1, 0.15) is 0 Å². The van der Waals surface area contributed by atoms with Crippen LogP contribution in [0.2, 0.25) is 5.02 Å². The van der Waals surface area contributed by atoms with Crippen LogP contribution in [0.1, 0.15) is 42.8 Å². The molecule has 148 valence electrons. The molecule has 1 aromatic carbocycles. The monoisotopic (exact) mass is 417 g/mol. The second kappa shape index (κ2) is 8.92. The van der Waals surface area contributed by atoms with Gasteiger partial charge in [0.2, 0.25) is 11.1 Å². The third-order valence-corrected chi connectivity index (χ3v) is 5.91. The first kappa shape index (κ1) is 20.6. The van der Waals surface area contributed by atoms with Crippen LogP contribution >= 0.6 is 23.4 Å². The third kappa shape index (κ3) is 4.64. The van der Waals surface area contributed by atoms with Crippen LogP contribution in [0.25, 0.3) is 5.78 Å². The Morgan fingerprint density at radius 3 is 2.75 bits per heavy atom. The van der Waals surface area contributed by atoms with Crippen molar-refractivity contribution in [1.82, 2.24) is 24.9 Å². The van der Waals surface area contributed by atoms with E-state index in [1.54, 1.807) is 4.52 Å². The smallest absolute Gasteiger partial charge is 0.253 e. The predicted molar refractivity (Wildman–Crippen MR) is 113 cm³/mol. The average Bonchev–Trinajstić information content (AvgIpc) is 3.07. The molecular formula is C20H24ClN5OS. The molecule has 28 heavy (non-hydrogen) atoms. The van der Waals surface area contributed by atoms with Crippen LogP contribution in [0.5, 0.6) is 0 Å². The molecule has 1 unspecified atom stereocenters. The van der Waals surface area contributed by atoms with Gasteiger partial charge in [-0.1, -0.05) is 48.5 Å². The molecule has 6 nitrogen and oxygen atoms in total. The number of carbonyl (C=O) groups is 1. The van der Waals surface area contributed by atoms with E-state index in [-0.39, 0.29) is 17.7 Å². The van der Waals surface area contributed by atoms with Crippen LogP contribution in [0, 0.1) is 13.8 Å². The number of nitrogens with one attached hydrogen (secondary N) is 1. The minimum atomic E-state index is -0.0153. The number of benzene rings is 1. The van der Waals surface area contributed by atoms with Gasteiger partial charge in [0.05, 0.1) is 5.75 Å². The molecule has 0 aliphatic carbocycles. The van der Waals surface area contributed by atoms with Crippen molar-refractivity contribution >= 4 is 35.0 Å². The number of carbonyl (C=O) groups excluding carboxylic acids is 1.